The van der Waals surface area contributed by atoms with E-state index < -0.39 is 0 Å². The summed E-state index contributed by atoms with van der Waals surface area (Å²) in [5, 5.41) is 6.04. The molecule has 0 aromatic carbocycles. The molecule has 1 saturated carbocycles. The second kappa shape index (κ2) is 6.86. The number of amides is 1. The van der Waals surface area contributed by atoms with E-state index in [4.69, 9.17) is 4.74 Å². The Hall–Kier alpha value is -0.610. The average Bonchev–Trinajstić information content (AvgIpc) is 2.99. The van der Waals surface area contributed by atoms with Gasteiger partial charge in [0.1, 0.15) is 0 Å². The molecule has 0 saturated heterocycles. The molecular formula is C12H24N2O2. The molecule has 1 aliphatic carbocycles. The normalized spacial score (nSPS) is 17.1. The molecule has 0 spiro atoms. The summed E-state index contributed by atoms with van der Waals surface area (Å²) in [6.07, 6.45) is 5.16. The van der Waals surface area contributed by atoms with E-state index in [-0.39, 0.29) is 5.91 Å². The quantitative estimate of drug-likeness (QED) is 0.577. The van der Waals surface area contributed by atoms with Crippen LogP contribution in [-0.2, 0) is 9.53 Å². The molecule has 0 unspecified atom stereocenters. The van der Waals surface area contributed by atoms with Crippen LogP contribution in [-0.4, -0.2) is 39.3 Å². The largest absolute Gasteiger partial charge is 0.383 e. The van der Waals surface area contributed by atoms with Crippen LogP contribution < -0.4 is 10.6 Å². The van der Waals surface area contributed by atoms with E-state index in [1.807, 2.05) is 0 Å². The van der Waals surface area contributed by atoms with Crippen LogP contribution in [0.4, 0.5) is 0 Å². The number of carbonyl (C=O) groups is 1. The van der Waals surface area contributed by atoms with E-state index in [0.717, 1.165) is 6.54 Å². The average molecular weight is 228 g/mol. The van der Waals surface area contributed by atoms with E-state index in [1.54, 1.807) is 7.11 Å². The molecule has 16 heavy (non-hydrogen) atoms. The van der Waals surface area contributed by atoms with E-state index >= 15 is 0 Å². The Morgan fingerprint density at radius 1 is 1.44 bits per heavy atom. The number of rotatable bonds is 9. The first-order chi connectivity index (χ1) is 7.72. The van der Waals surface area contributed by atoms with Crippen LogP contribution in [0.15, 0.2) is 0 Å². The van der Waals surface area contributed by atoms with Crippen LogP contribution in [0, 0.1) is 5.41 Å². The summed E-state index contributed by atoms with van der Waals surface area (Å²) < 4.78 is 4.86. The van der Waals surface area contributed by atoms with E-state index in [9.17, 15) is 4.79 Å². The van der Waals surface area contributed by atoms with Crippen molar-refractivity contribution in [1.82, 2.24) is 10.6 Å². The number of methoxy groups -OCH3 is 1. The van der Waals surface area contributed by atoms with Crippen molar-refractivity contribution in [2.75, 3.05) is 33.4 Å². The fourth-order valence-corrected chi connectivity index (χ4v) is 2.02. The third-order valence-electron chi connectivity index (χ3n) is 3.15. The van der Waals surface area contributed by atoms with Gasteiger partial charge >= 0.3 is 0 Å². The molecule has 0 aromatic heterocycles. The smallest absolute Gasteiger partial charge is 0.234 e. The Morgan fingerprint density at radius 2 is 2.19 bits per heavy atom. The van der Waals surface area contributed by atoms with Crippen molar-refractivity contribution >= 4 is 5.91 Å². The summed E-state index contributed by atoms with van der Waals surface area (Å²) in [4.78, 5) is 11.4. The van der Waals surface area contributed by atoms with Crippen LogP contribution in [0.5, 0.6) is 0 Å². The lowest BCUT2D eigenvalue weighted by atomic mass is 10.0. The van der Waals surface area contributed by atoms with Gasteiger partial charge in [-0.2, -0.15) is 0 Å². The number of carbonyl (C=O) groups excluding carboxylic acids is 1. The maximum absolute atomic E-state index is 11.4. The summed E-state index contributed by atoms with van der Waals surface area (Å²) in [5.41, 5.74) is 0.515. The zero-order chi connectivity index (χ0) is 11.9. The summed E-state index contributed by atoms with van der Waals surface area (Å²) in [6.45, 7) is 4.80. The highest BCUT2D eigenvalue weighted by molar-refractivity contribution is 5.77. The summed E-state index contributed by atoms with van der Waals surface area (Å²) in [6, 6.07) is 0. The third kappa shape index (κ3) is 4.94. The van der Waals surface area contributed by atoms with Gasteiger partial charge in [-0.15, -0.1) is 0 Å². The SMILES string of the molecule is CCCC1(CNCC(=O)NCCOC)CC1. The van der Waals surface area contributed by atoms with Gasteiger partial charge in [0, 0.05) is 20.2 Å². The Morgan fingerprint density at radius 3 is 2.75 bits per heavy atom. The number of nitrogens with one attached hydrogen (secondary N) is 2. The molecule has 94 valence electrons. The minimum absolute atomic E-state index is 0.0596. The van der Waals surface area contributed by atoms with Crippen LogP contribution in [0.3, 0.4) is 0 Å². The molecular weight excluding hydrogens is 204 g/mol. The third-order valence-corrected chi connectivity index (χ3v) is 3.15. The molecule has 1 rings (SSSR count). The first-order valence-electron chi connectivity index (χ1n) is 6.19. The molecule has 1 fully saturated rings. The van der Waals surface area contributed by atoms with E-state index in [2.05, 4.69) is 17.6 Å². The van der Waals surface area contributed by atoms with Crippen molar-refractivity contribution in [1.29, 1.82) is 0 Å². The molecule has 0 aromatic rings. The summed E-state index contributed by atoms with van der Waals surface area (Å²) in [7, 11) is 1.63. The van der Waals surface area contributed by atoms with Gasteiger partial charge in [-0.3, -0.25) is 4.79 Å². The molecule has 0 radical (unpaired) electrons. The van der Waals surface area contributed by atoms with Crippen molar-refractivity contribution < 1.29 is 9.53 Å². The molecule has 1 aliphatic rings. The Balaban J connectivity index is 2.00. The van der Waals surface area contributed by atoms with Gasteiger partial charge in [-0.25, -0.2) is 0 Å². The lowest BCUT2D eigenvalue weighted by Gasteiger charge is -2.14. The highest BCUT2D eigenvalue weighted by atomic mass is 16.5. The summed E-state index contributed by atoms with van der Waals surface area (Å²) >= 11 is 0. The zero-order valence-electron chi connectivity index (χ0n) is 10.5. The summed E-state index contributed by atoms with van der Waals surface area (Å²) in [5.74, 6) is 0.0596. The number of hydrogen-bond donors (Lipinski definition) is 2. The highest BCUT2D eigenvalue weighted by Crippen LogP contribution is 2.48. The van der Waals surface area contributed by atoms with Gasteiger partial charge in [0.25, 0.3) is 0 Å². The van der Waals surface area contributed by atoms with Gasteiger partial charge < -0.3 is 15.4 Å². The predicted molar refractivity (Wildman–Crippen MR) is 64.3 cm³/mol. The fraction of sp³-hybridized carbons (Fsp3) is 0.917. The predicted octanol–water partition coefficient (Wildman–Crippen LogP) is 0.919. The molecule has 0 bridgehead atoms. The highest BCUT2D eigenvalue weighted by Gasteiger charge is 2.40. The molecule has 1 amide bonds. The number of ether oxygens (including phenoxy) is 1. The molecule has 0 heterocycles. The molecule has 4 nitrogen and oxygen atoms in total. The van der Waals surface area contributed by atoms with Gasteiger partial charge in [-0.05, 0) is 24.7 Å². The van der Waals surface area contributed by atoms with Crippen LogP contribution >= 0.6 is 0 Å². The maximum atomic E-state index is 11.4. The lowest BCUT2D eigenvalue weighted by Crippen LogP contribution is -2.37. The Bertz CT molecular complexity index is 215. The second-order valence-electron chi connectivity index (χ2n) is 4.70. The number of hydrogen-bond acceptors (Lipinski definition) is 3. The van der Waals surface area contributed by atoms with Crippen molar-refractivity contribution in [2.24, 2.45) is 5.41 Å². The standard InChI is InChI=1S/C12H24N2O2/c1-3-4-12(5-6-12)10-13-9-11(15)14-7-8-16-2/h13H,3-10H2,1-2H3,(H,14,15). The van der Waals surface area contributed by atoms with Crippen molar-refractivity contribution in [3.05, 3.63) is 0 Å². The fourth-order valence-electron chi connectivity index (χ4n) is 2.02. The van der Waals surface area contributed by atoms with Crippen molar-refractivity contribution in [3.63, 3.8) is 0 Å². The first kappa shape index (κ1) is 13.5. The minimum Gasteiger partial charge on any atom is -0.383 e. The molecule has 4 heteroatoms. The van der Waals surface area contributed by atoms with Gasteiger partial charge in [0.05, 0.1) is 13.2 Å². The van der Waals surface area contributed by atoms with Gasteiger partial charge in [0.15, 0.2) is 0 Å². The monoisotopic (exact) mass is 228 g/mol. The first-order valence-corrected chi connectivity index (χ1v) is 6.19. The topological polar surface area (TPSA) is 50.4 Å². The minimum atomic E-state index is 0.0596. The second-order valence-corrected chi connectivity index (χ2v) is 4.70. The van der Waals surface area contributed by atoms with Gasteiger partial charge in [-0.1, -0.05) is 13.3 Å². The Labute approximate surface area is 98.1 Å². The molecule has 0 aliphatic heterocycles. The zero-order valence-corrected chi connectivity index (χ0v) is 10.5. The Kier molecular flexibility index (Phi) is 5.77. The molecule has 2 N–H and O–H groups in total. The maximum Gasteiger partial charge on any atom is 0.234 e. The van der Waals surface area contributed by atoms with E-state index in [0.29, 0.717) is 25.1 Å². The van der Waals surface area contributed by atoms with Crippen LogP contribution in [0.1, 0.15) is 32.6 Å². The lowest BCUT2D eigenvalue weighted by molar-refractivity contribution is -0.120. The van der Waals surface area contributed by atoms with Crippen molar-refractivity contribution in [3.8, 4) is 0 Å². The van der Waals surface area contributed by atoms with Gasteiger partial charge in [0.2, 0.25) is 5.91 Å². The van der Waals surface area contributed by atoms with Crippen molar-refractivity contribution in [2.45, 2.75) is 32.6 Å². The van der Waals surface area contributed by atoms with E-state index in [1.165, 1.54) is 25.7 Å². The molecule has 0 atom stereocenters. The van der Waals surface area contributed by atoms with Crippen LogP contribution in [0.25, 0.3) is 0 Å². The van der Waals surface area contributed by atoms with Crippen LogP contribution in [0.2, 0.25) is 0 Å².